The fourth-order valence-electron chi connectivity index (χ4n) is 2.34. The predicted octanol–water partition coefficient (Wildman–Crippen LogP) is 5.07. The van der Waals surface area contributed by atoms with E-state index >= 15 is 0 Å². The first-order chi connectivity index (χ1) is 9.38. The van der Waals surface area contributed by atoms with E-state index in [0.717, 1.165) is 20.7 Å². The summed E-state index contributed by atoms with van der Waals surface area (Å²) in [6.07, 6.45) is 0. The first-order valence-corrected chi connectivity index (χ1v) is 8.14. The van der Waals surface area contributed by atoms with Gasteiger partial charge >= 0.3 is 0 Å². The Labute approximate surface area is 131 Å². The Bertz CT molecular complexity index is 612. The van der Waals surface area contributed by atoms with E-state index in [1.807, 2.05) is 19.9 Å². The van der Waals surface area contributed by atoms with Crippen LogP contribution < -0.4 is 5.32 Å². The molecule has 0 bridgehead atoms. The molecule has 20 heavy (non-hydrogen) atoms. The lowest BCUT2D eigenvalue weighted by molar-refractivity contribution is 0.496. The van der Waals surface area contributed by atoms with Gasteiger partial charge in [-0.25, -0.2) is 9.37 Å². The average molecular weight is 357 g/mol. The molecule has 1 aromatic carbocycles. The summed E-state index contributed by atoms with van der Waals surface area (Å²) in [5.74, 6) is -0.227. The maximum absolute atomic E-state index is 13.1. The number of halogens is 2. The van der Waals surface area contributed by atoms with Crippen molar-refractivity contribution in [2.75, 3.05) is 0 Å². The maximum Gasteiger partial charge on any atom is 0.124 e. The molecular weight excluding hydrogens is 339 g/mol. The molecule has 2 rings (SSSR count). The van der Waals surface area contributed by atoms with Gasteiger partial charge in [0.2, 0.25) is 0 Å². The highest BCUT2D eigenvalue weighted by molar-refractivity contribution is 9.10. The third-order valence-electron chi connectivity index (χ3n) is 3.26. The molecule has 0 aliphatic heterocycles. The predicted molar refractivity (Wildman–Crippen MR) is 85.7 cm³/mol. The first-order valence-electron chi connectivity index (χ1n) is 6.53. The molecule has 2 atom stereocenters. The van der Waals surface area contributed by atoms with Crippen LogP contribution >= 0.6 is 27.3 Å². The molecule has 1 aromatic heterocycles. The summed E-state index contributed by atoms with van der Waals surface area (Å²) in [6.45, 7) is 8.27. The molecule has 2 unspecified atom stereocenters. The average Bonchev–Trinajstić information content (AvgIpc) is 2.68. The van der Waals surface area contributed by atoms with Crippen molar-refractivity contribution in [3.63, 3.8) is 0 Å². The molecule has 0 radical (unpaired) electrons. The summed E-state index contributed by atoms with van der Waals surface area (Å²) in [5.41, 5.74) is 2.13. The summed E-state index contributed by atoms with van der Waals surface area (Å²) in [5, 5.41) is 4.63. The molecule has 0 saturated heterocycles. The summed E-state index contributed by atoms with van der Waals surface area (Å²) < 4.78 is 13.9. The van der Waals surface area contributed by atoms with Crippen LogP contribution in [0, 0.1) is 19.7 Å². The van der Waals surface area contributed by atoms with Crippen molar-refractivity contribution in [3.8, 4) is 0 Å². The monoisotopic (exact) mass is 356 g/mol. The van der Waals surface area contributed by atoms with Gasteiger partial charge in [-0.2, -0.15) is 0 Å². The standard InChI is InChI=1S/C15H18BrFN2S/c1-8(13-6-5-12(17)7-14(13)16)18-9(2)15-10(3)19-11(4)20-15/h5-9,18H,1-4H3. The van der Waals surface area contributed by atoms with Gasteiger partial charge in [-0.1, -0.05) is 22.0 Å². The van der Waals surface area contributed by atoms with Crippen molar-refractivity contribution in [3.05, 3.63) is 49.6 Å². The van der Waals surface area contributed by atoms with E-state index in [4.69, 9.17) is 0 Å². The minimum atomic E-state index is -0.227. The van der Waals surface area contributed by atoms with Crippen LogP contribution in [0.4, 0.5) is 4.39 Å². The van der Waals surface area contributed by atoms with Crippen LogP contribution in [0.2, 0.25) is 0 Å². The van der Waals surface area contributed by atoms with E-state index in [0.29, 0.717) is 0 Å². The quantitative estimate of drug-likeness (QED) is 0.826. The highest BCUT2D eigenvalue weighted by Gasteiger charge is 2.17. The zero-order valence-corrected chi connectivity index (χ0v) is 14.4. The first kappa shape index (κ1) is 15.6. The normalized spacial score (nSPS) is 14.3. The SMILES string of the molecule is Cc1nc(C)c(C(C)NC(C)c2ccc(F)cc2Br)s1. The number of nitrogens with one attached hydrogen (secondary N) is 1. The second kappa shape index (κ2) is 6.33. The summed E-state index contributed by atoms with van der Waals surface area (Å²) in [4.78, 5) is 5.72. The molecule has 0 amide bonds. The van der Waals surface area contributed by atoms with Crippen molar-refractivity contribution >= 4 is 27.3 Å². The highest BCUT2D eigenvalue weighted by Crippen LogP contribution is 2.29. The molecule has 1 heterocycles. The Kier molecular flexibility index (Phi) is 4.94. The minimum absolute atomic E-state index is 0.127. The van der Waals surface area contributed by atoms with Gasteiger partial charge < -0.3 is 5.32 Å². The van der Waals surface area contributed by atoms with Gasteiger partial charge in [0.05, 0.1) is 10.7 Å². The number of nitrogens with zero attached hydrogens (tertiary/aromatic N) is 1. The van der Waals surface area contributed by atoms with Crippen molar-refractivity contribution < 1.29 is 4.39 Å². The Balaban J connectivity index is 2.14. The van der Waals surface area contributed by atoms with Gasteiger partial charge in [0.1, 0.15) is 5.82 Å². The molecule has 108 valence electrons. The van der Waals surface area contributed by atoms with Gasteiger partial charge in [0.15, 0.2) is 0 Å². The van der Waals surface area contributed by atoms with E-state index in [1.54, 1.807) is 11.3 Å². The molecule has 0 aliphatic carbocycles. The zero-order valence-electron chi connectivity index (χ0n) is 12.0. The summed E-state index contributed by atoms with van der Waals surface area (Å²) >= 11 is 5.14. The molecule has 2 aromatic rings. The number of hydrogen-bond acceptors (Lipinski definition) is 3. The van der Waals surface area contributed by atoms with Crippen molar-refractivity contribution in [1.29, 1.82) is 0 Å². The highest BCUT2D eigenvalue weighted by atomic mass is 79.9. The third kappa shape index (κ3) is 3.45. The maximum atomic E-state index is 13.1. The lowest BCUT2D eigenvalue weighted by Gasteiger charge is -2.21. The van der Waals surface area contributed by atoms with Crippen LogP contribution in [0.1, 0.15) is 47.1 Å². The second-order valence-corrected chi connectivity index (χ2v) is 7.05. The smallest absolute Gasteiger partial charge is 0.124 e. The van der Waals surface area contributed by atoms with E-state index < -0.39 is 0 Å². The number of aryl methyl sites for hydroxylation is 2. The van der Waals surface area contributed by atoms with E-state index in [2.05, 4.69) is 40.1 Å². The Morgan fingerprint density at radius 2 is 1.95 bits per heavy atom. The molecular formula is C15H18BrFN2S. The van der Waals surface area contributed by atoms with E-state index in [9.17, 15) is 4.39 Å². The van der Waals surface area contributed by atoms with E-state index in [1.165, 1.54) is 17.0 Å². The van der Waals surface area contributed by atoms with Gasteiger partial charge in [-0.15, -0.1) is 11.3 Å². The van der Waals surface area contributed by atoms with Gasteiger partial charge in [-0.05, 0) is 45.4 Å². The number of benzene rings is 1. The van der Waals surface area contributed by atoms with Crippen molar-refractivity contribution in [2.45, 2.75) is 39.8 Å². The fourth-order valence-corrected chi connectivity index (χ4v) is 3.98. The van der Waals surface area contributed by atoms with E-state index in [-0.39, 0.29) is 17.9 Å². The number of rotatable bonds is 4. The summed E-state index contributed by atoms with van der Waals surface area (Å²) in [7, 11) is 0. The van der Waals surface area contributed by atoms with Crippen LogP contribution in [0.15, 0.2) is 22.7 Å². The van der Waals surface area contributed by atoms with Crippen LogP contribution in [-0.4, -0.2) is 4.98 Å². The Morgan fingerprint density at radius 3 is 2.50 bits per heavy atom. The fraction of sp³-hybridized carbons (Fsp3) is 0.400. The van der Waals surface area contributed by atoms with Crippen molar-refractivity contribution in [2.24, 2.45) is 0 Å². The van der Waals surface area contributed by atoms with Crippen LogP contribution in [0.5, 0.6) is 0 Å². The lowest BCUT2D eigenvalue weighted by Crippen LogP contribution is -2.22. The number of thiazole rings is 1. The number of hydrogen-bond donors (Lipinski definition) is 1. The molecule has 0 saturated carbocycles. The van der Waals surface area contributed by atoms with Gasteiger partial charge in [-0.3, -0.25) is 0 Å². The minimum Gasteiger partial charge on any atom is -0.303 e. The lowest BCUT2D eigenvalue weighted by atomic mass is 10.1. The molecule has 0 fully saturated rings. The molecule has 0 aliphatic rings. The molecule has 2 nitrogen and oxygen atoms in total. The van der Waals surface area contributed by atoms with Crippen LogP contribution in [0.25, 0.3) is 0 Å². The topological polar surface area (TPSA) is 24.9 Å². The largest absolute Gasteiger partial charge is 0.303 e. The molecule has 1 N–H and O–H groups in total. The van der Waals surface area contributed by atoms with Crippen LogP contribution in [0.3, 0.4) is 0 Å². The van der Waals surface area contributed by atoms with Crippen LogP contribution in [-0.2, 0) is 0 Å². The molecule has 5 heteroatoms. The van der Waals surface area contributed by atoms with Crippen molar-refractivity contribution in [1.82, 2.24) is 10.3 Å². The zero-order chi connectivity index (χ0) is 14.9. The Morgan fingerprint density at radius 1 is 1.25 bits per heavy atom. The number of aromatic nitrogens is 1. The summed E-state index contributed by atoms with van der Waals surface area (Å²) in [6, 6.07) is 5.15. The Hall–Kier alpha value is -0.780. The van der Waals surface area contributed by atoms with Gasteiger partial charge in [0, 0.05) is 21.4 Å². The van der Waals surface area contributed by atoms with Gasteiger partial charge in [0.25, 0.3) is 0 Å². The third-order valence-corrected chi connectivity index (χ3v) is 5.20. The molecule has 0 spiro atoms. The second-order valence-electron chi connectivity index (χ2n) is 4.96.